The van der Waals surface area contributed by atoms with Crippen molar-refractivity contribution in [3.05, 3.63) is 11.3 Å². The number of carboxylic acid groups (broad SMARTS) is 1. The third kappa shape index (κ3) is 4.02. The van der Waals surface area contributed by atoms with Crippen LogP contribution in [0, 0.1) is 12.8 Å². The monoisotopic (exact) mass is 319 g/mol. The first-order valence-corrected chi connectivity index (χ1v) is 7.93. The number of carboxylic acids is 1. The van der Waals surface area contributed by atoms with Gasteiger partial charge in [0.2, 0.25) is 5.03 Å². The van der Waals surface area contributed by atoms with Gasteiger partial charge in [-0.25, -0.2) is 13.2 Å². The molecule has 0 saturated carbocycles. The minimum absolute atomic E-state index is 0.0879. The van der Waals surface area contributed by atoms with E-state index >= 15 is 0 Å². The first kappa shape index (κ1) is 17.6. The van der Waals surface area contributed by atoms with E-state index in [9.17, 15) is 18.3 Å². The standard InChI is InChI=1S/C12H21N3O5S/c1-8(2)7-15(5-6-20-4)21(18,19)11-10(12(16)17)9(3)13-14-11/h8H,5-7H2,1-4H3,(H,13,14)(H,16,17). The van der Waals surface area contributed by atoms with Gasteiger partial charge in [-0.15, -0.1) is 0 Å². The van der Waals surface area contributed by atoms with Gasteiger partial charge in [0.05, 0.1) is 6.61 Å². The first-order valence-electron chi connectivity index (χ1n) is 6.49. The van der Waals surface area contributed by atoms with Gasteiger partial charge in [0, 0.05) is 25.9 Å². The molecule has 0 bridgehead atoms. The van der Waals surface area contributed by atoms with E-state index in [4.69, 9.17) is 4.74 Å². The average Bonchev–Trinajstić information content (AvgIpc) is 2.76. The van der Waals surface area contributed by atoms with Gasteiger partial charge >= 0.3 is 5.97 Å². The second kappa shape index (κ2) is 7.01. The molecule has 9 heteroatoms. The average molecular weight is 319 g/mol. The Morgan fingerprint density at radius 1 is 1.48 bits per heavy atom. The predicted molar refractivity (Wildman–Crippen MR) is 75.8 cm³/mol. The molecule has 0 aliphatic rings. The zero-order valence-electron chi connectivity index (χ0n) is 12.6. The largest absolute Gasteiger partial charge is 0.478 e. The molecule has 0 aliphatic heterocycles. The van der Waals surface area contributed by atoms with E-state index in [0.29, 0.717) is 0 Å². The number of hydrogen-bond donors (Lipinski definition) is 2. The molecule has 0 unspecified atom stereocenters. The smallest absolute Gasteiger partial charge is 0.340 e. The van der Waals surface area contributed by atoms with Crippen LogP contribution in [0.4, 0.5) is 0 Å². The summed E-state index contributed by atoms with van der Waals surface area (Å²) < 4.78 is 31.4. The van der Waals surface area contributed by atoms with Crippen molar-refractivity contribution >= 4 is 16.0 Å². The van der Waals surface area contributed by atoms with Crippen molar-refractivity contribution < 1.29 is 23.1 Å². The van der Waals surface area contributed by atoms with Gasteiger partial charge in [-0.3, -0.25) is 5.10 Å². The maximum absolute atomic E-state index is 12.6. The van der Waals surface area contributed by atoms with E-state index in [0.717, 1.165) is 0 Å². The minimum atomic E-state index is -3.99. The Bertz CT molecular complexity index is 594. The third-order valence-corrected chi connectivity index (χ3v) is 4.62. The summed E-state index contributed by atoms with van der Waals surface area (Å²) in [4.78, 5) is 11.2. The third-order valence-electron chi connectivity index (χ3n) is 2.83. The molecule has 0 aromatic carbocycles. The molecule has 0 fully saturated rings. The van der Waals surface area contributed by atoms with Crippen LogP contribution in [0.3, 0.4) is 0 Å². The Hall–Kier alpha value is -1.45. The van der Waals surface area contributed by atoms with Crippen molar-refractivity contribution in [1.82, 2.24) is 14.5 Å². The first-order chi connectivity index (χ1) is 9.71. The van der Waals surface area contributed by atoms with Crippen molar-refractivity contribution in [1.29, 1.82) is 0 Å². The number of carbonyl (C=O) groups is 1. The van der Waals surface area contributed by atoms with Crippen molar-refractivity contribution in [2.24, 2.45) is 5.92 Å². The quantitative estimate of drug-likeness (QED) is 0.729. The molecule has 0 aliphatic carbocycles. The van der Waals surface area contributed by atoms with Crippen LogP contribution < -0.4 is 0 Å². The number of ether oxygens (including phenoxy) is 1. The topological polar surface area (TPSA) is 113 Å². The summed E-state index contributed by atoms with van der Waals surface area (Å²) >= 11 is 0. The van der Waals surface area contributed by atoms with Gasteiger partial charge in [-0.2, -0.15) is 9.40 Å². The number of aryl methyl sites for hydroxylation is 1. The molecule has 120 valence electrons. The summed E-state index contributed by atoms with van der Waals surface area (Å²) in [7, 11) is -2.52. The zero-order valence-corrected chi connectivity index (χ0v) is 13.4. The van der Waals surface area contributed by atoms with Crippen LogP contribution in [0.2, 0.25) is 0 Å². The normalized spacial score (nSPS) is 12.3. The second-order valence-corrected chi connectivity index (χ2v) is 6.94. The van der Waals surface area contributed by atoms with Crippen molar-refractivity contribution in [3.63, 3.8) is 0 Å². The van der Waals surface area contributed by atoms with Gasteiger partial charge in [0.25, 0.3) is 10.0 Å². The Balaban J connectivity index is 3.25. The van der Waals surface area contributed by atoms with Crippen LogP contribution in [-0.4, -0.2) is 60.8 Å². The van der Waals surface area contributed by atoms with E-state index in [2.05, 4.69) is 10.2 Å². The summed E-state index contributed by atoms with van der Waals surface area (Å²) in [6, 6.07) is 0. The van der Waals surface area contributed by atoms with Gasteiger partial charge < -0.3 is 9.84 Å². The van der Waals surface area contributed by atoms with Gasteiger partial charge in [0.1, 0.15) is 5.56 Å². The number of rotatable bonds is 8. The van der Waals surface area contributed by atoms with E-state index in [1.54, 1.807) is 0 Å². The number of methoxy groups -OCH3 is 1. The molecule has 2 N–H and O–H groups in total. The molecule has 0 amide bonds. The van der Waals surface area contributed by atoms with E-state index in [1.165, 1.54) is 18.3 Å². The highest BCUT2D eigenvalue weighted by molar-refractivity contribution is 7.89. The molecule has 0 saturated heterocycles. The number of nitrogens with zero attached hydrogens (tertiary/aromatic N) is 2. The molecular weight excluding hydrogens is 298 g/mol. The lowest BCUT2D eigenvalue weighted by atomic mass is 10.2. The zero-order chi connectivity index (χ0) is 16.2. The van der Waals surface area contributed by atoms with Gasteiger partial charge in [-0.05, 0) is 12.8 Å². The Kier molecular flexibility index (Phi) is 5.87. The predicted octanol–water partition coefficient (Wildman–Crippen LogP) is 0.709. The lowest BCUT2D eigenvalue weighted by molar-refractivity contribution is 0.0691. The fourth-order valence-corrected chi connectivity index (χ4v) is 3.59. The number of hydrogen-bond acceptors (Lipinski definition) is 5. The lowest BCUT2D eigenvalue weighted by Gasteiger charge is -2.22. The Morgan fingerprint density at radius 2 is 2.10 bits per heavy atom. The van der Waals surface area contributed by atoms with Crippen LogP contribution in [0.5, 0.6) is 0 Å². The number of aromatic nitrogens is 2. The van der Waals surface area contributed by atoms with Crippen molar-refractivity contribution in [2.45, 2.75) is 25.8 Å². The minimum Gasteiger partial charge on any atom is -0.478 e. The van der Waals surface area contributed by atoms with Crippen molar-refractivity contribution in [3.8, 4) is 0 Å². The fourth-order valence-electron chi connectivity index (χ4n) is 1.88. The summed E-state index contributed by atoms with van der Waals surface area (Å²) in [5, 5.41) is 14.8. The van der Waals surface area contributed by atoms with Crippen LogP contribution in [0.15, 0.2) is 5.03 Å². The molecule has 8 nitrogen and oxygen atoms in total. The summed E-state index contributed by atoms with van der Waals surface area (Å²) in [6.45, 7) is 5.85. The van der Waals surface area contributed by atoms with Gasteiger partial charge in [0.15, 0.2) is 0 Å². The van der Waals surface area contributed by atoms with Crippen molar-refractivity contribution in [2.75, 3.05) is 26.8 Å². The highest BCUT2D eigenvalue weighted by Gasteiger charge is 2.33. The SMILES string of the molecule is COCCN(CC(C)C)S(=O)(=O)c1n[nH]c(C)c1C(=O)O. The van der Waals surface area contributed by atoms with E-state index in [-0.39, 0.29) is 36.9 Å². The second-order valence-electron chi connectivity index (χ2n) is 5.08. The summed E-state index contributed by atoms with van der Waals surface area (Å²) in [5.74, 6) is -1.24. The van der Waals surface area contributed by atoms with Crippen LogP contribution in [0.1, 0.15) is 29.9 Å². The van der Waals surface area contributed by atoms with Crippen LogP contribution in [0.25, 0.3) is 0 Å². The molecule has 1 rings (SSSR count). The molecule has 1 aromatic heterocycles. The lowest BCUT2D eigenvalue weighted by Crippen LogP contribution is -2.37. The number of sulfonamides is 1. The van der Waals surface area contributed by atoms with Gasteiger partial charge in [-0.1, -0.05) is 13.8 Å². The molecule has 21 heavy (non-hydrogen) atoms. The number of nitrogens with one attached hydrogen (secondary N) is 1. The Labute approximate surface area is 124 Å². The number of aromatic carboxylic acids is 1. The maximum atomic E-state index is 12.6. The summed E-state index contributed by atoms with van der Waals surface area (Å²) in [6.07, 6.45) is 0. The molecule has 0 radical (unpaired) electrons. The number of aromatic amines is 1. The fraction of sp³-hybridized carbons (Fsp3) is 0.667. The highest BCUT2D eigenvalue weighted by Crippen LogP contribution is 2.21. The van der Waals surface area contributed by atoms with E-state index in [1.807, 2.05) is 13.8 Å². The highest BCUT2D eigenvalue weighted by atomic mass is 32.2. The maximum Gasteiger partial charge on any atom is 0.340 e. The summed E-state index contributed by atoms with van der Waals surface area (Å²) in [5.41, 5.74) is -0.113. The number of H-pyrrole nitrogens is 1. The van der Waals surface area contributed by atoms with Crippen LogP contribution in [-0.2, 0) is 14.8 Å². The Morgan fingerprint density at radius 3 is 2.57 bits per heavy atom. The van der Waals surface area contributed by atoms with E-state index < -0.39 is 21.0 Å². The molecule has 1 aromatic rings. The van der Waals surface area contributed by atoms with Crippen LogP contribution >= 0.6 is 0 Å². The molecule has 0 spiro atoms. The molecule has 0 atom stereocenters. The molecular formula is C12H21N3O5S. The molecule has 1 heterocycles.